The Labute approximate surface area is 90.4 Å². The van der Waals surface area contributed by atoms with Crippen molar-refractivity contribution in [3.8, 4) is 0 Å². The standard InChI is InChI=1S/C10H19N3O2/c1-7-6-15-10(9(3)8(7)2)14-5-4-12-13-11/h7-10H,4-6H2,1-3H3/t7-,8+,9?,10-/m1/s1. The van der Waals surface area contributed by atoms with E-state index in [0.717, 1.165) is 6.61 Å². The number of ether oxygens (including phenoxy) is 2. The number of hydrogen-bond acceptors (Lipinski definition) is 3. The quantitative estimate of drug-likeness (QED) is 0.312. The molecule has 0 aromatic rings. The lowest BCUT2D eigenvalue weighted by Crippen LogP contribution is -2.40. The van der Waals surface area contributed by atoms with E-state index >= 15 is 0 Å². The van der Waals surface area contributed by atoms with Crippen molar-refractivity contribution in [1.82, 2.24) is 0 Å². The summed E-state index contributed by atoms with van der Waals surface area (Å²) in [6.07, 6.45) is -0.148. The first kappa shape index (κ1) is 12.3. The van der Waals surface area contributed by atoms with Gasteiger partial charge in [-0.2, -0.15) is 0 Å². The Hall–Kier alpha value is -0.770. The second kappa shape index (κ2) is 5.95. The molecule has 0 aromatic carbocycles. The van der Waals surface area contributed by atoms with Crippen molar-refractivity contribution in [2.45, 2.75) is 27.1 Å². The van der Waals surface area contributed by atoms with E-state index in [0.29, 0.717) is 30.9 Å². The lowest BCUT2D eigenvalue weighted by molar-refractivity contribution is -0.214. The van der Waals surface area contributed by atoms with Gasteiger partial charge in [0.2, 0.25) is 0 Å². The van der Waals surface area contributed by atoms with Crippen LogP contribution in [0.25, 0.3) is 10.4 Å². The van der Waals surface area contributed by atoms with Gasteiger partial charge in [-0.15, -0.1) is 0 Å². The van der Waals surface area contributed by atoms with Crippen LogP contribution in [0, 0.1) is 17.8 Å². The maximum atomic E-state index is 8.10. The summed E-state index contributed by atoms with van der Waals surface area (Å²) < 4.78 is 11.1. The van der Waals surface area contributed by atoms with Crippen LogP contribution in [-0.4, -0.2) is 26.0 Å². The molecular formula is C10H19N3O2. The summed E-state index contributed by atoms with van der Waals surface area (Å²) in [6, 6.07) is 0. The zero-order chi connectivity index (χ0) is 11.3. The smallest absolute Gasteiger partial charge is 0.160 e. The van der Waals surface area contributed by atoms with Gasteiger partial charge in [-0.05, 0) is 17.4 Å². The van der Waals surface area contributed by atoms with E-state index in [9.17, 15) is 0 Å². The van der Waals surface area contributed by atoms with E-state index in [1.54, 1.807) is 0 Å². The summed E-state index contributed by atoms with van der Waals surface area (Å²) in [7, 11) is 0. The van der Waals surface area contributed by atoms with Crippen molar-refractivity contribution in [2.75, 3.05) is 19.8 Å². The summed E-state index contributed by atoms with van der Waals surface area (Å²) in [5, 5.41) is 3.42. The monoisotopic (exact) mass is 213 g/mol. The minimum absolute atomic E-state index is 0.148. The zero-order valence-corrected chi connectivity index (χ0v) is 9.59. The molecule has 1 aliphatic rings. The molecular weight excluding hydrogens is 194 g/mol. The molecule has 0 aromatic heterocycles. The maximum Gasteiger partial charge on any atom is 0.160 e. The van der Waals surface area contributed by atoms with Gasteiger partial charge < -0.3 is 9.47 Å². The number of rotatable bonds is 4. The van der Waals surface area contributed by atoms with Crippen LogP contribution in [0.2, 0.25) is 0 Å². The van der Waals surface area contributed by atoms with E-state index in [-0.39, 0.29) is 6.29 Å². The van der Waals surface area contributed by atoms with Gasteiger partial charge >= 0.3 is 0 Å². The largest absolute Gasteiger partial charge is 0.352 e. The lowest BCUT2D eigenvalue weighted by Gasteiger charge is -2.38. The molecule has 1 fully saturated rings. The molecule has 1 unspecified atom stereocenters. The molecule has 1 rings (SSSR count). The predicted octanol–water partition coefficient (Wildman–Crippen LogP) is 2.58. The second-order valence-electron chi connectivity index (χ2n) is 4.22. The fourth-order valence-corrected chi connectivity index (χ4v) is 1.77. The van der Waals surface area contributed by atoms with Gasteiger partial charge in [0.15, 0.2) is 6.29 Å². The molecule has 0 spiro atoms. The molecule has 0 saturated carbocycles. The molecule has 86 valence electrons. The highest BCUT2D eigenvalue weighted by Gasteiger charge is 2.32. The normalized spacial score (nSPS) is 35.9. The van der Waals surface area contributed by atoms with Crippen molar-refractivity contribution < 1.29 is 9.47 Å². The molecule has 1 saturated heterocycles. The van der Waals surface area contributed by atoms with E-state index in [1.165, 1.54) is 0 Å². The van der Waals surface area contributed by atoms with Crippen LogP contribution in [0.4, 0.5) is 0 Å². The van der Waals surface area contributed by atoms with Crippen molar-refractivity contribution >= 4 is 0 Å². The number of azide groups is 1. The van der Waals surface area contributed by atoms with Gasteiger partial charge in [-0.3, -0.25) is 0 Å². The molecule has 1 aliphatic heterocycles. The van der Waals surface area contributed by atoms with E-state index in [2.05, 4.69) is 30.8 Å². The Morgan fingerprint density at radius 2 is 2.13 bits per heavy atom. The fraction of sp³-hybridized carbons (Fsp3) is 1.00. The molecule has 0 bridgehead atoms. The molecule has 0 N–H and O–H groups in total. The molecule has 15 heavy (non-hydrogen) atoms. The Morgan fingerprint density at radius 1 is 1.40 bits per heavy atom. The summed E-state index contributed by atoms with van der Waals surface area (Å²) in [5.41, 5.74) is 8.10. The lowest BCUT2D eigenvalue weighted by atomic mass is 9.83. The average Bonchev–Trinajstić information content (AvgIpc) is 2.24. The molecule has 0 amide bonds. The number of nitrogens with zero attached hydrogens (tertiary/aromatic N) is 3. The number of hydrogen-bond donors (Lipinski definition) is 0. The van der Waals surface area contributed by atoms with Gasteiger partial charge in [0.25, 0.3) is 0 Å². The highest BCUT2D eigenvalue weighted by molar-refractivity contribution is 4.75. The van der Waals surface area contributed by atoms with Gasteiger partial charge in [0, 0.05) is 17.4 Å². The molecule has 0 radical (unpaired) electrons. The van der Waals surface area contributed by atoms with Crippen LogP contribution in [0.1, 0.15) is 20.8 Å². The highest BCUT2D eigenvalue weighted by atomic mass is 16.7. The van der Waals surface area contributed by atoms with E-state index < -0.39 is 0 Å². The average molecular weight is 213 g/mol. The maximum absolute atomic E-state index is 8.10. The summed E-state index contributed by atoms with van der Waals surface area (Å²) >= 11 is 0. The topological polar surface area (TPSA) is 67.2 Å². The van der Waals surface area contributed by atoms with Crippen LogP contribution >= 0.6 is 0 Å². The van der Waals surface area contributed by atoms with Crippen LogP contribution in [0.15, 0.2) is 5.11 Å². The van der Waals surface area contributed by atoms with Crippen LogP contribution in [0.5, 0.6) is 0 Å². The van der Waals surface area contributed by atoms with Crippen molar-refractivity contribution in [3.63, 3.8) is 0 Å². The predicted molar refractivity (Wildman–Crippen MR) is 57.2 cm³/mol. The Bertz CT molecular complexity index is 241. The van der Waals surface area contributed by atoms with Gasteiger partial charge in [0.05, 0.1) is 13.2 Å². The van der Waals surface area contributed by atoms with Crippen molar-refractivity contribution in [2.24, 2.45) is 22.9 Å². The van der Waals surface area contributed by atoms with Gasteiger partial charge in [0.1, 0.15) is 0 Å². The zero-order valence-electron chi connectivity index (χ0n) is 9.59. The van der Waals surface area contributed by atoms with Crippen molar-refractivity contribution in [1.29, 1.82) is 0 Å². The molecule has 4 atom stereocenters. The molecule has 1 heterocycles. The third-order valence-corrected chi connectivity index (χ3v) is 3.22. The third-order valence-electron chi connectivity index (χ3n) is 3.22. The fourth-order valence-electron chi connectivity index (χ4n) is 1.77. The van der Waals surface area contributed by atoms with Crippen molar-refractivity contribution in [3.05, 3.63) is 10.4 Å². The minimum atomic E-state index is -0.148. The van der Waals surface area contributed by atoms with Gasteiger partial charge in [-0.25, -0.2) is 0 Å². The molecule has 5 nitrogen and oxygen atoms in total. The summed E-state index contributed by atoms with van der Waals surface area (Å²) in [5.74, 6) is 1.57. The Morgan fingerprint density at radius 3 is 2.80 bits per heavy atom. The summed E-state index contributed by atoms with van der Waals surface area (Å²) in [6.45, 7) is 8.10. The molecule has 0 aliphatic carbocycles. The Balaban J connectivity index is 2.32. The Kier molecular flexibility index (Phi) is 4.88. The van der Waals surface area contributed by atoms with E-state index in [4.69, 9.17) is 15.0 Å². The SMILES string of the molecule is CC1[C@H](OCCN=[N+]=[N-])OC[C@@H](C)[C@@H]1C. The first-order valence-electron chi connectivity index (χ1n) is 5.41. The first-order valence-corrected chi connectivity index (χ1v) is 5.41. The van der Waals surface area contributed by atoms with Crippen LogP contribution in [0.3, 0.4) is 0 Å². The van der Waals surface area contributed by atoms with Gasteiger partial charge in [-0.1, -0.05) is 25.9 Å². The third kappa shape index (κ3) is 3.38. The van der Waals surface area contributed by atoms with Crippen LogP contribution < -0.4 is 0 Å². The first-order chi connectivity index (χ1) is 7.16. The molecule has 5 heteroatoms. The second-order valence-corrected chi connectivity index (χ2v) is 4.22. The van der Waals surface area contributed by atoms with Crippen LogP contribution in [-0.2, 0) is 9.47 Å². The van der Waals surface area contributed by atoms with E-state index in [1.807, 2.05) is 0 Å². The minimum Gasteiger partial charge on any atom is -0.352 e. The highest BCUT2D eigenvalue weighted by Crippen LogP contribution is 2.30. The summed E-state index contributed by atoms with van der Waals surface area (Å²) in [4.78, 5) is 2.67.